The lowest BCUT2D eigenvalue weighted by Crippen LogP contribution is -2.07. The molecule has 0 aliphatic heterocycles. The van der Waals surface area contributed by atoms with Crippen molar-refractivity contribution in [2.24, 2.45) is 0 Å². The average molecular weight is 215 g/mol. The molecular weight excluding hydrogens is 202 g/mol. The van der Waals surface area contributed by atoms with Gasteiger partial charge in [-0.1, -0.05) is 0 Å². The first kappa shape index (κ1) is 11.1. The first-order valence-electron chi connectivity index (χ1n) is 4.50. The number of esters is 1. The van der Waals surface area contributed by atoms with E-state index in [-0.39, 0.29) is 12.6 Å². The number of aryl methyl sites for hydroxylation is 1. The van der Waals surface area contributed by atoms with Crippen molar-refractivity contribution in [2.45, 2.75) is 19.8 Å². The second-order valence-electron chi connectivity index (χ2n) is 2.67. The van der Waals surface area contributed by atoms with Crippen molar-refractivity contribution in [2.75, 3.05) is 13.2 Å². The number of aliphatic hydroxyl groups is 1. The molecule has 4 nitrogen and oxygen atoms in total. The molecule has 1 N–H and O–H groups in total. The fraction of sp³-hybridized carbons (Fsp3) is 0.556. The molecule has 0 spiro atoms. The molecule has 0 radical (unpaired) electrons. The van der Waals surface area contributed by atoms with Crippen LogP contribution >= 0.6 is 11.3 Å². The van der Waals surface area contributed by atoms with Crippen molar-refractivity contribution in [3.63, 3.8) is 0 Å². The number of hydrogen-bond donors (Lipinski definition) is 1. The van der Waals surface area contributed by atoms with Gasteiger partial charge in [0.05, 0.1) is 12.1 Å². The lowest BCUT2D eigenvalue weighted by Gasteiger charge is -2.00. The van der Waals surface area contributed by atoms with E-state index in [0.29, 0.717) is 25.1 Å². The van der Waals surface area contributed by atoms with Gasteiger partial charge in [0.2, 0.25) is 0 Å². The Kier molecular flexibility index (Phi) is 4.55. The van der Waals surface area contributed by atoms with E-state index in [0.717, 1.165) is 4.88 Å². The predicted octanol–water partition coefficient (Wildman–Crippen LogP) is 1.24. The predicted molar refractivity (Wildman–Crippen MR) is 53.5 cm³/mol. The molecule has 1 heterocycles. The Hall–Kier alpha value is -0.940. The summed E-state index contributed by atoms with van der Waals surface area (Å²) in [6, 6.07) is 0. The fourth-order valence-electron chi connectivity index (χ4n) is 1.05. The van der Waals surface area contributed by atoms with E-state index >= 15 is 0 Å². The Morgan fingerprint density at radius 1 is 1.71 bits per heavy atom. The molecule has 0 amide bonds. The van der Waals surface area contributed by atoms with Crippen LogP contribution in [0.1, 0.15) is 28.7 Å². The first-order valence-corrected chi connectivity index (χ1v) is 5.38. The molecule has 0 atom stereocenters. The van der Waals surface area contributed by atoms with E-state index in [1.165, 1.54) is 11.3 Å². The van der Waals surface area contributed by atoms with Crippen LogP contribution in [0.4, 0.5) is 0 Å². The summed E-state index contributed by atoms with van der Waals surface area (Å²) in [6.45, 7) is 2.24. The van der Waals surface area contributed by atoms with Crippen LogP contribution in [0.2, 0.25) is 0 Å². The van der Waals surface area contributed by atoms with Gasteiger partial charge in [-0.3, -0.25) is 0 Å². The van der Waals surface area contributed by atoms with Gasteiger partial charge in [0.25, 0.3) is 0 Å². The zero-order valence-corrected chi connectivity index (χ0v) is 8.84. The molecule has 0 bridgehead atoms. The summed E-state index contributed by atoms with van der Waals surface area (Å²) in [4.78, 5) is 16.2. The lowest BCUT2D eigenvalue weighted by atomic mass is 10.2. The number of thiazole rings is 1. The Labute approximate surface area is 86.6 Å². The third-order valence-electron chi connectivity index (χ3n) is 1.67. The van der Waals surface area contributed by atoms with Gasteiger partial charge in [-0.2, -0.15) is 0 Å². The van der Waals surface area contributed by atoms with Gasteiger partial charge < -0.3 is 9.84 Å². The van der Waals surface area contributed by atoms with Crippen LogP contribution in [0.3, 0.4) is 0 Å². The largest absolute Gasteiger partial charge is 0.461 e. The highest BCUT2D eigenvalue weighted by atomic mass is 32.1. The van der Waals surface area contributed by atoms with Gasteiger partial charge in [0.1, 0.15) is 0 Å². The minimum absolute atomic E-state index is 0.125. The smallest absolute Gasteiger partial charge is 0.358 e. The molecule has 0 fully saturated rings. The third kappa shape index (κ3) is 2.78. The van der Waals surface area contributed by atoms with Crippen LogP contribution in [-0.2, 0) is 11.2 Å². The van der Waals surface area contributed by atoms with Gasteiger partial charge in [0, 0.05) is 11.5 Å². The fourth-order valence-corrected chi connectivity index (χ4v) is 1.85. The van der Waals surface area contributed by atoms with Crippen molar-refractivity contribution >= 4 is 17.3 Å². The van der Waals surface area contributed by atoms with Gasteiger partial charge in [-0.15, -0.1) is 11.3 Å². The normalized spacial score (nSPS) is 10.1. The van der Waals surface area contributed by atoms with Gasteiger partial charge >= 0.3 is 5.97 Å². The molecule has 0 aliphatic carbocycles. The number of hydrogen-bond acceptors (Lipinski definition) is 5. The van der Waals surface area contributed by atoms with E-state index in [1.54, 1.807) is 12.4 Å². The molecule has 5 heteroatoms. The van der Waals surface area contributed by atoms with Crippen LogP contribution in [0.15, 0.2) is 5.51 Å². The summed E-state index contributed by atoms with van der Waals surface area (Å²) in [5.41, 5.74) is 2.02. The average Bonchev–Trinajstić information content (AvgIpc) is 2.63. The summed E-state index contributed by atoms with van der Waals surface area (Å²) in [5, 5.41) is 8.67. The van der Waals surface area contributed by atoms with E-state index in [4.69, 9.17) is 9.84 Å². The number of carbonyl (C=O) groups excluding carboxylic acids is 1. The van der Waals surface area contributed by atoms with E-state index < -0.39 is 0 Å². The summed E-state index contributed by atoms with van der Waals surface area (Å²) in [6.07, 6.45) is 1.32. The highest BCUT2D eigenvalue weighted by Crippen LogP contribution is 2.16. The van der Waals surface area contributed by atoms with E-state index in [2.05, 4.69) is 4.98 Å². The third-order valence-corrected chi connectivity index (χ3v) is 2.56. The highest BCUT2D eigenvalue weighted by molar-refractivity contribution is 7.09. The second kappa shape index (κ2) is 5.72. The van der Waals surface area contributed by atoms with Gasteiger partial charge in [0.15, 0.2) is 5.69 Å². The Morgan fingerprint density at radius 3 is 3.14 bits per heavy atom. The maximum atomic E-state index is 11.3. The molecule has 78 valence electrons. The quantitative estimate of drug-likeness (QED) is 0.751. The Balaban J connectivity index is 2.66. The molecule has 1 rings (SSSR count). The molecule has 0 saturated carbocycles. The maximum absolute atomic E-state index is 11.3. The molecule has 0 unspecified atom stereocenters. The first-order chi connectivity index (χ1) is 6.79. The maximum Gasteiger partial charge on any atom is 0.358 e. The number of aliphatic hydroxyl groups excluding tert-OH is 1. The van der Waals surface area contributed by atoms with Crippen molar-refractivity contribution in [1.82, 2.24) is 4.98 Å². The molecule has 0 aromatic carbocycles. The number of rotatable bonds is 5. The molecule has 1 aromatic rings. The summed E-state index contributed by atoms with van der Waals surface area (Å²) in [7, 11) is 0. The highest BCUT2D eigenvalue weighted by Gasteiger charge is 2.14. The van der Waals surface area contributed by atoms with Crippen LogP contribution in [0.5, 0.6) is 0 Å². The number of nitrogens with zero attached hydrogens (tertiary/aromatic N) is 1. The number of ether oxygens (including phenoxy) is 1. The minimum Gasteiger partial charge on any atom is -0.461 e. The molecular formula is C9H13NO3S. The van der Waals surface area contributed by atoms with Crippen LogP contribution in [-0.4, -0.2) is 29.3 Å². The summed E-state index contributed by atoms with van der Waals surface area (Å²) in [5.74, 6) is -0.373. The Bertz CT molecular complexity index is 298. The minimum atomic E-state index is -0.373. The monoisotopic (exact) mass is 215 g/mol. The van der Waals surface area contributed by atoms with E-state index in [9.17, 15) is 4.79 Å². The van der Waals surface area contributed by atoms with E-state index in [1.807, 2.05) is 0 Å². The van der Waals surface area contributed by atoms with Crippen molar-refractivity contribution in [1.29, 1.82) is 0 Å². The molecule has 1 aromatic heterocycles. The van der Waals surface area contributed by atoms with Gasteiger partial charge in [-0.05, 0) is 19.8 Å². The van der Waals surface area contributed by atoms with Gasteiger partial charge in [-0.25, -0.2) is 9.78 Å². The van der Waals surface area contributed by atoms with Crippen molar-refractivity contribution < 1.29 is 14.6 Å². The topological polar surface area (TPSA) is 59.4 Å². The SMILES string of the molecule is CCOC(=O)c1ncsc1CCCO. The van der Waals surface area contributed by atoms with Crippen molar-refractivity contribution in [3.8, 4) is 0 Å². The number of aromatic nitrogens is 1. The molecule has 0 aliphatic rings. The zero-order chi connectivity index (χ0) is 10.4. The lowest BCUT2D eigenvalue weighted by molar-refractivity contribution is 0.0519. The Morgan fingerprint density at radius 2 is 2.50 bits per heavy atom. The molecule has 0 saturated heterocycles. The molecule has 14 heavy (non-hydrogen) atoms. The van der Waals surface area contributed by atoms with Crippen LogP contribution in [0.25, 0.3) is 0 Å². The zero-order valence-electron chi connectivity index (χ0n) is 8.02. The summed E-state index contributed by atoms with van der Waals surface area (Å²) < 4.78 is 4.85. The standard InChI is InChI=1S/C9H13NO3S/c1-2-13-9(12)8-7(4-3-5-11)14-6-10-8/h6,11H,2-5H2,1H3. The van der Waals surface area contributed by atoms with Crippen LogP contribution < -0.4 is 0 Å². The number of carbonyl (C=O) groups is 1. The second-order valence-corrected chi connectivity index (χ2v) is 3.61. The van der Waals surface area contributed by atoms with Crippen LogP contribution in [0, 0.1) is 0 Å². The van der Waals surface area contributed by atoms with Crippen molar-refractivity contribution in [3.05, 3.63) is 16.1 Å². The summed E-state index contributed by atoms with van der Waals surface area (Å²) >= 11 is 1.42.